The van der Waals surface area contributed by atoms with Crippen LogP contribution in [0.25, 0.3) is 10.9 Å². The summed E-state index contributed by atoms with van der Waals surface area (Å²) in [5.41, 5.74) is 4.09. The van der Waals surface area contributed by atoms with E-state index in [4.69, 9.17) is 4.74 Å². The molecule has 0 aliphatic carbocycles. The first-order valence-electron chi connectivity index (χ1n) is 9.54. The number of carbonyl (C=O) groups is 1. The smallest absolute Gasteiger partial charge is 0.319 e. The number of H-pyrrole nitrogens is 1. The molecule has 1 heterocycles. The number of aromatic nitrogens is 1. The second kappa shape index (κ2) is 8.52. The van der Waals surface area contributed by atoms with Gasteiger partial charge in [0.15, 0.2) is 0 Å². The Bertz CT molecular complexity index is 1110. The average Bonchev–Trinajstić information content (AvgIpc) is 3.19. The Morgan fingerprint density at radius 1 is 1.00 bits per heavy atom. The highest BCUT2D eigenvalue weighted by molar-refractivity contribution is 5.89. The molecule has 5 heteroatoms. The van der Waals surface area contributed by atoms with Crippen LogP contribution in [0.15, 0.2) is 85.1 Å². The first kappa shape index (κ1) is 18.6. The number of urea groups is 1. The van der Waals surface area contributed by atoms with Gasteiger partial charge in [0.05, 0.1) is 7.11 Å². The number of rotatable bonds is 6. The Hall–Kier alpha value is -3.73. The molecule has 0 saturated heterocycles. The van der Waals surface area contributed by atoms with Gasteiger partial charge in [-0.2, -0.15) is 0 Å². The standard InChI is InChI=1S/C24H23N3O2/c1-29-19-11-7-10-18(14-19)27-24(28)26-15-21(17-8-3-2-4-9-17)22-16-25-23-13-6-5-12-20(22)23/h2-14,16,21,25H,15H2,1H3,(H2,26,27,28)/t21-/m1/s1. The van der Waals surface area contributed by atoms with Crippen LogP contribution in [0.1, 0.15) is 17.0 Å². The number of fused-ring (bicyclic) bond motifs is 1. The first-order chi connectivity index (χ1) is 14.2. The summed E-state index contributed by atoms with van der Waals surface area (Å²) in [6.45, 7) is 0.474. The minimum absolute atomic E-state index is 0.0309. The predicted molar refractivity (Wildman–Crippen MR) is 117 cm³/mol. The predicted octanol–water partition coefficient (Wildman–Crippen LogP) is 5.13. The van der Waals surface area contributed by atoms with E-state index in [1.54, 1.807) is 13.2 Å². The van der Waals surface area contributed by atoms with Gasteiger partial charge in [-0.3, -0.25) is 0 Å². The zero-order valence-corrected chi connectivity index (χ0v) is 16.2. The zero-order valence-electron chi connectivity index (χ0n) is 16.2. The summed E-state index contributed by atoms with van der Waals surface area (Å²) in [7, 11) is 1.60. The molecule has 3 aromatic carbocycles. The molecule has 0 aliphatic rings. The maximum Gasteiger partial charge on any atom is 0.319 e. The molecule has 1 atom stereocenters. The van der Waals surface area contributed by atoms with Crippen LogP contribution in [-0.4, -0.2) is 24.7 Å². The van der Waals surface area contributed by atoms with Crippen molar-refractivity contribution in [2.24, 2.45) is 0 Å². The summed E-state index contributed by atoms with van der Waals surface area (Å²) in [5, 5.41) is 7.05. The molecule has 1 aromatic heterocycles. The quantitative estimate of drug-likeness (QED) is 0.431. The van der Waals surface area contributed by atoms with Crippen LogP contribution in [0.2, 0.25) is 0 Å². The molecule has 4 rings (SSSR count). The lowest BCUT2D eigenvalue weighted by Crippen LogP contribution is -2.32. The molecule has 4 aromatic rings. The summed E-state index contributed by atoms with van der Waals surface area (Å²) in [5.74, 6) is 0.729. The Balaban J connectivity index is 1.54. The molecular weight excluding hydrogens is 362 g/mol. The third kappa shape index (κ3) is 4.24. The number of carbonyl (C=O) groups excluding carboxylic acids is 1. The van der Waals surface area contributed by atoms with Gasteiger partial charge >= 0.3 is 6.03 Å². The third-order valence-corrected chi connectivity index (χ3v) is 4.99. The van der Waals surface area contributed by atoms with Crippen molar-refractivity contribution < 1.29 is 9.53 Å². The third-order valence-electron chi connectivity index (χ3n) is 4.99. The van der Waals surface area contributed by atoms with Crippen LogP contribution in [-0.2, 0) is 0 Å². The van der Waals surface area contributed by atoms with Crippen LogP contribution < -0.4 is 15.4 Å². The number of methoxy groups -OCH3 is 1. The fourth-order valence-corrected chi connectivity index (χ4v) is 3.55. The molecule has 0 bridgehead atoms. The monoisotopic (exact) mass is 385 g/mol. The summed E-state index contributed by atoms with van der Waals surface area (Å²) in [4.78, 5) is 15.8. The van der Waals surface area contributed by atoms with Crippen molar-refractivity contribution in [3.05, 3.63) is 96.2 Å². The van der Waals surface area contributed by atoms with Gasteiger partial charge in [0.25, 0.3) is 0 Å². The van der Waals surface area contributed by atoms with Crippen LogP contribution in [0.5, 0.6) is 5.75 Å². The highest BCUT2D eigenvalue weighted by Gasteiger charge is 2.19. The molecule has 0 saturated carbocycles. The Morgan fingerprint density at radius 2 is 1.79 bits per heavy atom. The summed E-state index contributed by atoms with van der Waals surface area (Å²) in [6.07, 6.45) is 2.03. The number of hydrogen-bond donors (Lipinski definition) is 3. The molecule has 3 N–H and O–H groups in total. The average molecular weight is 385 g/mol. The SMILES string of the molecule is COc1cccc(NC(=O)NC[C@H](c2ccccc2)c2c[nH]c3ccccc23)c1. The topological polar surface area (TPSA) is 66.2 Å². The Morgan fingerprint density at radius 3 is 2.62 bits per heavy atom. The first-order valence-corrected chi connectivity index (χ1v) is 9.54. The maximum absolute atomic E-state index is 12.5. The summed E-state index contributed by atoms with van der Waals surface area (Å²) >= 11 is 0. The fraction of sp³-hybridized carbons (Fsp3) is 0.125. The zero-order chi connectivity index (χ0) is 20.1. The van der Waals surface area contributed by atoms with Crippen molar-refractivity contribution in [3.63, 3.8) is 0 Å². The van der Waals surface area contributed by atoms with Gasteiger partial charge in [-0.15, -0.1) is 0 Å². The second-order valence-corrected chi connectivity index (χ2v) is 6.82. The van der Waals surface area contributed by atoms with E-state index in [2.05, 4.69) is 39.9 Å². The molecule has 0 spiro atoms. The largest absolute Gasteiger partial charge is 0.497 e. The van der Waals surface area contributed by atoms with E-state index >= 15 is 0 Å². The lowest BCUT2D eigenvalue weighted by atomic mass is 9.91. The molecule has 5 nitrogen and oxygen atoms in total. The number of anilines is 1. The van der Waals surface area contributed by atoms with Gasteiger partial charge in [0, 0.05) is 41.3 Å². The van der Waals surface area contributed by atoms with E-state index in [1.165, 1.54) is 0 Å². The number of amides is 2. The van der Waals surface area contributed by atoms with Gasteiger partial charge in [-0.25, -0.2) is 4.79 Å². The Kier molecular flexibility index (Phi) is 5.47. The molecule has 29 heavy (non-hydrogen) atoms. The van der Waals surface area contributed by atoms with Gasteiger partial charge < -0.3 is 20.4 Å². The number of para-hydroxylation sites is 1. The molecule has 2 amide bonds. The highest BCUT2D eigenvalue weighted by atomic mass is 16.5. The second-order valence-electron chi connectivity index (χ2n) is 6.82. The number of nitrogens with one attached hydrogen (secondary N) is 3. The highest BCUT2D eigenvalue weighted by Crippen LogP contribution is 2.30. The lowest BCUT2D eigenvalue weighted by Gasteiger charge is -2.18. The van der Waals surface area contributed by atoms with Crippen LogP contribution in [0.3, 0.4) is 0 Å². The van der Waals surface area contributed by atoms with Crippen LogP contribution >= 0.6 is 0 Å². The molecule has 0 aliphatic heterocycles. The van der Waals surface area contributed by atoms with Crippen molar-refractivity contribution in [3.8, 4) is 5.75 Å². The molecular formula is C24H23N3O2. The van der Waals surface area contributed by atoms with Gasteiger partial charge in [0.2, 0.25) is 0 Å². The van der Waals surface area contributed by atoms with Gasteiger partial charge in [-0.1, -0.05) is 54.6 Å². The minimum Gasteiger partial charge on any atom is -0.497 e. The minimum atomic E-state index is -0.251. The van der Waals surface area contributed by atoms with Crippen molar-refractivity contribution in [2.45, 2.75) is 5.92 Å². The van der Waals surface area contributed by atoms with Crippen LogP contribution in [0.4, 0.5) is 10.5 Å². The molecule has 0 radical (unpaired) electrons. The number of aromatic amines is 1. The van der Waals surface area contributed by atoms with Crippen LogP contribution in [0, 0.1) is 0 Å². The number of ether oxygens (including phenoxy) is 1. The van der Waals surface area contributed by atoms with E-state index in [0.717, 1.165) is 22.0 Å². The van der Waals surface area contributed by atoms with Gasteiger partial charge in [0.1, 0.15) is 5.75 Å². The van der Waals surface area contributed by atoms with Crippen molar-refractivity contribution >= 4 is 22.6 Å². The van der Waals surface area contributed by atoms with Crippen molar-refractivity contribution in [2.75, 3.05) is 19.0 Å². The number of hydrogen-bond acceptors (Lipinski definition) is 2. The molecule has 0 unspecified atom stereocenters. The van der Waals surface area contributed by atoms with E-state index in [1.807, 2.05) is 54.7 Å². The summed E-state index contributed by atoms with van der Waals surface area (Å²) in [6, 6.07) is 25.5. The van der Waals surface area contributed by atoms with Crippen molar-refractivity contribution in [1.82, 2.24) is 10.3 Å². The van der Waals surface area contributed by atoms with Crippen molar-refractivity contribution in [1.29, 1.82) is 0 Å². The maximum atomic E-state index is 12.5. The number of benzene rings is 3. The lowest BCUT2D eigenvalue weighted by molar-refractivity contribution is 0.252. The molecule has 146 valence electrons. The Labute approximate surface area is 169 Å². The van der Waals surface area contributed by atoms with E-state index in [0.29, 0.717) is 18.0 Å². The van der Waals surface area contributed by atoms with E-state index in [-0.39, 0.29) is 11.9 Å². The fourth-order valence-electron chi connectivity index (χ4n) is 3.55. The molecule has 0 fully saturated rings. The van der Waals surface area contributed by atoms with Gasteiger partial charge in [-0.05, 0) is 29.3 Å². The van der Waals surface area contributed by atoms with E-state index < -0.39 is 0 Å². The normalized spacial score (nSPS) is 11.8. The summed E-state index contributed by atoms with van der Waals surface area (Å²) < 4.78 is 5.21. The van der Waals surface area contributed by atoms with E-state index in [9.17, 15) is 4.79 Å².